The van der Waals surface area contributed by atoms with E-state index in [0.717, 1.165) is 0 Å². The van der Waals surface area contributed by atoms with Gasteiger partial charge in [0.15, 0.2) is 0 Å². The predicted octanol–water partition coefficient (Wildman–Crippen LogP) is 7.55. The summed E-state index contributed by atoms with van der Waals surface area (Å²) in [4.78, 5) is 0. The maximum Gasteiger partial charge on any atom is 0.0166 e. The highest BCUT2D eigenvalue weighted by Gasteiger charge is 2.25. The van der Waals surface area contributed by atoms with Crippen LogP contribution >= 0.6 is 0 Å². The number of hydrogen-bond donors (Lipinski definition) is 1. The quantitative estimate of drug-likeness (QED) is 0.274. The summed E-state index contributed by atoms with van der Waals surface area (Å²) in [6.45, 7) is 6.64. The minimum atomic E-state index is -0.141. The molecule has 1 rings (SSSR count). The smallest absolute Gasteiger partial charge is 0.0166 e. The third kappa shape index (κ3) is 13.3. The van der Waals surface area contributed by atoms with Gasteiger partial charge in [-0.05, 0) is 25.8 Å². The monoisotopic (exact) mass is 391 g/mol. The minimum Gasteiger partial charge on any atom is -0.412 e. The molecule has 0 aliphatic rings. The Morgan fingerprint density at radius 2 is 1.07 bits per heavy atom. The van der Waals surface area contributed by atoms with Crippen molar-refractivity contribution < 1.29 is 5.48 Å². The van der Waals surface area contributed by atoms with Crippen molar-refractivity contribution in [3.8, 4) is 0 Å². The Balaban J connectivity index is 0.00000729. The van der Waals surface area contributed by atoms with Crippen LogP contribution in [-0.4, -0.2) is 11.0 Å². The summed E-state index contributed by atoms with van der Waals surface area (Å²) in [5, 5.41) is 0. The zero-order valence-electron chi connectivity index (χ0n) is 19.1. The van der Waals surface area contributed by atoms with Crippen LogP contribution in [0.15, 0.2) is 30.3 Å². The van der Waals surface area contributed by atoms with Crippen molar-refractivity contribution >= 4 is 0 Å². The first kappa shape index (κ1) is 27.1. The van der Waals surface area contributed by atoms with Crippen molar-refractivity contribution in [2.24, 2.45) is 5.73 Å². The molecular weight excluding hydrogens is 342 g/mol. The number of benzene rings is 1. The summed E-state index contributed by atoms with van der Waals surface area (Å²) in [6, 6.07) is 10.8. The second-order valence-electron chi connectivity index (χ2n) is 9.17. The average molecular weight is 392 g/mol. The summed E-state index contributed by atoms with van der Waals surface area (Å²) in [5.74, 6) is 0.469. The van der Waals surface area contributed by atoms with Crippen LogP contribution in [0.3, 0.4) is 0 Å². The van der Waals surface area contributed by atoms with E-state index in [-0.39, 0.29) is 11.0 Å². The lowest BCUT2D eigenvalue weighted by atomic mass is 9.79. The van der Waals surface area contributed by atoms with Crippen LogP contribution in [0.4, 0.5) is 0 Å². The summed E-state index contributed by atoms with van der Waals surface area (Å²) >= 11 is 0. The van der Waals surface area contributed by atoms with Crippen molar-refractivity contribution in [1.82, 2.24) is 0 Å². The van der Waals surface area contributed by atoms with Crippen molar-refractivity contribution in [3.05, 3.63) is 35.9 Å². The lowest BCUT2D eigenvalue weighted by Gasteiger charge is -2.31. The first-order valence-corrected chi connectivity index (χ1v) is 11.9. The summed E-state index contributed by atoms with van der Waals surface area (Å²) < 4.78 is 0. The molecule has 0 aliphatic heterocycles. The van der Waals surface area contributed by atoms with Crippen molar-refractivity contribution in [3.63, 3.8) is 0 Å². The maximum atomic E-state index is 6.47. The van der Waals surface area contributed by atoms with Crippen LogP contribution in [0.2, 0.25) is 0 Å². The molecule has 0 saturated carbocycles. The Labute approximate surface area is 176 Å². The van der Waals surface area contributed by atoms with Crippen LogP contribution in [-0.2, 0) is 0 Å². The van der Waals surface area contributed by atoms with E-state index in [0.29, 0.717) is 5.92 Å². The van der Waals surface area contributed by atoms with E-state index in [1.54, 1.807) is 0 Å². The zero-order valence-corrected chi connectivity index (χ0v) is 19.1. The number of unbranched alkanes of at least 4 members (excludes halogenated alkanes) is 13. The Kier molecular flexibility index (Phi) is 16.5. The van der Waals surface area contributed by atoms with E-state index in [1.807, 2.05) is 0 Å². The average Bonchev–Trinajstić information content (AvgIpc) is 2.64. The van der Waals surface area contributed by atoms with Gasteiger partial charge in [-0.25, -0.2) is 0 Å². The molecule has 1 aromatic rings. The predicted molar refractivity (Wildman–Crippen MR) is 126 cm³/mol. The normalized spacial score (nSPS) is 12.6. The van der Waals surface area contributed by atoms with E-state index in [9.17, 15) is 0 Å². The number of hydrogen-bond acceptors (Lipinski definition) is 1. The van der Waals surface area contributed by atoms with Gasteiger partial charge in [-0.2, -0.15) is 0 Å². The summed E-state index contributed by atoms with van der Waals surface area (Å²) in [7, 11) is 0. The molecule has 0 spiro atoms. The SMILES string of the molecule is CCCCCCCCCCCCCCCCC(c1ccccc1)C(C)(C)N.O. The molecule has 2 nitrogen and oxygen atoms in total. The molecule has 0 heterocycles. The Morgan fingerprint density at radius 3 is 1.46 bits per heavy atom. The van der Waals surface area contributed by atoms with Gasteiger partial charge in [0.25, 0.3) is 0 Å². The van der Waals surface area contributed by atoms with Gasteiger partial charge in [-0.1, -0.05) is 127 Å². The molecule has 0 saturated heterocycles. The topological polar surface area (TPSA) is 57.5 Å². The lowest BCUT2D eigenvalue weighted by molar-refractivity contribution is 0.376. The number of nitrogens with two attached hydrogens (primary N) is 1. The van der Waals surface area contributed by atoms with Crippen LogP contribution in [0.1, 0.15) is 129 Å². The highest BCUT2D eigenvalue weighted by atomic mass is 16.0. The maximum absolute atomic E-state index is 6.47. The molecule has 4 N–H and O–H groups in total. The molecule has 1 aromatic carbocycles. The third-order valence-corrected chi connectivity index (χ3v) is 5.95. The van der Waals surface area contributed by atoms with Crippen molar-refractivity contribution in [2.75, 3.05) is 0 Å². The van der Waals surface area contributed by atoms with Crippen LogP contribution in [0.25, 0.3) is 0 Å². The molecule has 0 fully saturated rings. The fourth-order valence-electron chi connectivity index (χ4n) is 4.20. The Morgan fingerprint density at radius 1 is 0.679 bits per heavy atom. The molecule has 0 bridgehead atoms. The van der Waals surface area contributed by atoms with Crippen LogP contribution < -0.4 is 5.73 Å². The first-order valence-electron chi connectivity index (χ1n) is 11.9. The Hall–Kier alpha value is -0.860. The van der Waals surface area contributed by atoms with Gasteiger partial charge >= 0.3 is 0 Å². The van der Waals surface area contributed by atoms with E-state index in [1.165, 1.54) is 102 Å². The fraction of sp³-hybridized carbons (Fsp3) is 0.769. The van der Waals surface area contributed by atoms with Gasteiger partial charge in [-0.15, -0.1) is 0 Å². The summed E-state index contributed by atoms with van der Waals surface area (Å²) in [6.07, 6.45) is 21.1. The molecule has 0 aliphatic carbocycles. The van der Waals surface area contributed by atoms with Gasteiger partial charge in [0.05, 0.1) is 0 Å². The minimum absolute atomic E-state index is 0. The molecule has 0 aromatic heterocycles. The lowest BCUT2D eigenvalue weighted by Crippen LogP contribution is -2.39. The van der Waals surface area contributed by atoms with Crippen LogP contribution in [0, 0.1) is 0 Å². The molecule has 1 unspecified atom stereocenters. The summed E-state index contributed by atoms with van der Waals surface area (Å²) in [5.41, 5.74) is 7.73. The molecule has 0 radical (unpaired) electrons. The highest BCUT2D eigenvalue weighted by molar-refractivity contribution is 5.22. The van der Waals surface area contributed by atoms with Gasteiger partial charge in [0, 0.05) is 11.5 Å². The zero-order chi connectivity index (χ0) is 19.8. The Bertz CT molecular complexity index is 437. The second-order valence-corrected chi connectivity index (χ2v) is 9.17. The van der Waals surface area contributed by atoms with E-state index in [2.05, 4.69) is 51.1 Å². The number of rotatable bonds is 17. The van der Waals surface area contributed by atoms with Crippen molar-refractivity contribution in [2.45, 2.75) is 129 Å². The standard InChI is InChI=1S/C26H47N.H2O/c1-4-5-6-7-8-9-10-11-12-13-14-15-16-20-23-25(26(2,3)27)24-21-18-17-19-22-24;/h17-19,21-22,25H,4-16,20,23,27H2,1-3H3;1H2. The first-order chi connectivity index (χ1) is 13.1. The molecule has 28 heavy (non-hydrogen) atoms. The van der Waals surface area contributed by atoms with E-state index < -0.39 is 0 Å². The fourth-order valence-corrected chi connectivity index (χ4v) is 4.20. The molecule has 0 amide bonds. The van der Waals surface area contributed by atoms with E-state index in [4.69, 9.17) is 5.73 Å². The second kappa shape index (κ2) is 17.0. The largest absolute Gasteiger partial charge is 0.412 e. The van der Waals surface area contributed by atoms with Gasteiger partial charge in [0.1, 0.15) is 0 Å². The molecular formula is C26H49NO. The van der Waals surface area contributed by atoms with Gasteiger partial charge < -0.3 is 11.2 Å². The van der Waals surface area contributed by atoms with Gasteiger partial charge in [-0.3, -0.25) is 0 Å². The molecule has 2 heteroatoms. The third-order valence-electron chi connectivity index (χ3n) is 5.95. The molecule has 1 atom stereocenters. The van der Waals surface area contributed by atoms with Gasteiger partial charge in [0.2, 0.25) is 0 Å². The highest BCUT2D eigenvalue weighted by Crippen LogP contribution is 2.31. The van der Waals surface area contributed by atoms with E-state index >= 15 is 0 Å². The van der Waals surface area contributed by atoms with Crippen LogP contribution in [0.5, 0.6) is 0 Å². The molecule has 164 valence electrons. The van der Waals surface area contributed by atoms with Crippen molar-refractivity contribution in [1.29, 1.82) is 0 Å².